The third-order valence-corrected chi connectivity index (χ3v) is 4.35. The minimum absolute atomic E-state index is 0.225. The smallest absolute Gasteiger partial charge is 0.410 e. The van der Waals surface area contributed by atoms with E-state index in [1.54, 1.807) is 4.90 Å². The molecule has 0 bridgehead atoms. The van der Waals surface area contributed by atoms with Crippen molar-refractivity contribution in [3.8, 4) is 0 Å². The number of aryl methyl sites for hydroxylation is 2. The van der Waals surface area contributed by atoms with Gasteiger partial charge < -0.3 is 15.0 Å². The maximum Gasteiger partial charge on any atom is 0.410 e. The Morgan fingerprint density at radius 2 is 2.00 bits per heavy atom. The number of carbonyl (C=O) groups is 2. The highest BCUT2D eigenvalue weighted by molar-refractivity contribution is 9.10. The van der Waals surface area contributed by atoms with E-state index in [-0.39, 0.29) is 12.5 Å². The normalized spacial score (nSPS) is 14.8. The van der Waals surface area contributed by atoms with Gasteiger partial charge in [0.1, 0.15) is 11.4 Å². The summed E-state index contributed by atoms with van der Waals surface area (Å²) in [4.78, 5) is 30.7. The van der Waals surface area contributed by atoms with Gasteiger partial charge in [-0.3, -0.25) is 4.79 Å². The fourth-order valence-corrected chi connectivity index (χ4v) is 2.87. The van der Waals surface area contributed by atoms with Crippen LogP contribution < -0.4 is 5.32 Å². The highest BCUT2D eigenvalue weighted by atomic mass is 79.9. The summed E-state index contributed by atoms with van der Waals surface area (Å²) < 4.78 is 6.11. The van der Waals surface area contributed by atoms with Crippen LogP contribution >= 0.6 is 15.9 Å². The molecule has 0 aliphatic carbocycles. The molecule has 1 N–H and O–H groups in total. The number of pyridine rings is 1. The van der Waals surface area contributed by atoms with E-state index >= 15 is 0 Å². The van der Waals surface area contributed by atoms with Crippen LogP contribution in [-0.2, 0) is 9.53 Å². The quantitative estimate of drug-likeness (QED) is 0.801. The van der Waals surface area contributed by atoms with Gasteiger partial charge in [0.2, 0.25) is 0 Å². The number of nitrogens with zero attached hydrogens (tertiary/aromatic N) is 2. The van der Waals surface area contributed by atoms with Gasteiger partial charge in [-0.15, -0.1) is 0 Å². The molecule has 25 heavy (non-hydrogen) atoms. The third kappa shape index (κ3) is 5.29. The topological polar surface area (TPSA) is 71.5 Å². The summed E-state index contributed by atoms with van der Waals surface area (Å²) in [7, 11) is 0. The highest BCUT2D eigenvalue weighted by Crippen LogP contribution is 2.24. The first kappa shape index (κ1) is 19.4. The molecule has 2 rings (SSSR count). The van der Waals surface area contributed by atoms with Crippen LogP contribution in [0.3, 0.4) is 0 Å². The predicted molar refractivity (Wildman–Crippen MR) is 101 cm³/mol. The van der Waals surface area contributed by atoms with Crippen LogP contribution in [0.1, 0.15) is 38.4 Å². The number of aromatic nitrogens is 1. The van der Waals surface area contributed by atoms with Crippen molar-refractivity contribution in [1.82, 2.24) is 9.88 Å². The Balaban J connectivity index is 2.06. The second-order valence-electron chi connectivity index (χ2n) is 7.10. The van der Waals surface area contributed by atoms with Crippen molar-refractivity contribution in [3.63, 3.8) is 0 Å². The molecule has 2 amide bonds. The Morgan fingerprint density at radius 1 is 1.32 bits per heavy atom. The molecular weight excluding hydrogens is 386 g/mol. The first-order valence-electron chi connectivity index (χ1n) is 8.19. The zero-order chi connectivity index (χ0) is 18.8. The van der Waals surface area contributed by atoms with Crippen LogP contribution in [0.5, 0.6) is 0 Å². The fraction of sp³-hybridized carbons (Fsp3) is 0.500. The number of rotatable bonds is 2. The van der Waals surface area contributed by atoms with Gasteiger partial charge in [-0.05, 0) is 68.6 Å². The Morgan fingerprint density at radius 3 is 2.64 bits per heavy atom. The van der Waals surface area contributed by atoms with Gasteiger partial charge in [-0.25, -0.2) is 9.78 Å². The van der Waals surface area contributed by atoms with E-state index in [1.165, 1.54) is 0 Å². The van der Waals surface area contributed by atoms with E-state index in [0.717, 1.165) is 15.7 Å². The molecule has 1 aliphatic heterocycles. The highest BCUT2D eigenvalue weighted by Gasteiger charge is 2.26. The molecule has 0 radical (unpaired) electrons. The lowest BCUT2D eigenvalue weighted by Gasteiger charge is -2.29. The molecule has 0 aromatic carbocycles. The number of hydrogen-bond acceptors (Lipinski definition) is 4. The molecule has 0 spiro atoms. The standard InChI is InChI=1S/C18H24BrN3O3/c1-11-9-14(19)15(20-12(11)2)21-16(23)13-7-6-8-22(10-13)17(24)25-18(3,4)5/h7,9H,6,8,10H2,1-5H3,(H,20,21,23). The van der Waals surface area contributed by atoms with E-state index in [9.17, 15) is 9.59 Å². The molecule has 2 heterocycles. The van der Waals surface area contributed by atoms with Gasteiger partial charge in [0.05, 0.1) is 11.0 Å². The summed E-state index contributed by atoms with van der Waals surface area (Å²) in [6.07, 6.45) is 2.06. The Kier molecular flexibility index (Phi) is 5.87. The largest absolute Gasteiger partial charge is 0.444 e. The summed E-state index contributed by atoms with van der Waals surface area (Å²) in [5.41, 5.74) is 1.86. The SMILES string of the molecule is Cc1cc(Br)c(NC(=O)C2=CCCN(C(=O)OC(C)(C)C)C2)nc1C. The zero-order valence-corrected chi connectivity index (χ0v) is 16.9. The number of anilines is 1. The van der Waals surface area contributed by atoms with Gasteiger partial charge in [0, 0.05) is 17.8 Å². The fourth-order valence-electron chi connectivity index (χ4n) is 2.34. The zero-order valence-electron chi connectivity index (χ0n) is 15.3. The Bertz CT molecular complexity index is 723. The van der Waals surface area contributed by atoms with Crippen LogP contribution in [0, 0.1) is 13.8 Å². The van der Waals surface area contributed by atoms with Crippen molar-refractivity contribution in [2.24, 2.45) is 0 Å². The molecule has 6 nitrogen and oxygen atoms in total. The minimum Gasteiger partial charge on any atom is -0.444 e. The molecule has 0 saturated heterocycles. The van der Waals surface area contributed by atoms with E-state index in [1.807, 2.05) is 46.8 Å². The van der Waals surface area contributed by atoms with Gasteiger partial charge in [-0.2, -0.15) is 0 Å². The van der Waals surface area contributed by atoms with Gasteiger partial charge in [0.15, 0.2) is 0 Å². The molecule has 7 heteroatoms. The number of ether oxygens (including phenoxy) is 1. The van der Waals surface area contributed by atoms with E-state index < -0.39 is 11.7 Å². The molecule has 1 aromatic rings. The van der Waals surface area contributed by atoms with E-state index in [2.05, 4.69) is 26.2 Å². The van der Waals surface area contributed by atoms with Gasteiger partial charge >= 0.3 is 6.09 Å². The second kappa shape index (κ2) is 7.56. The number of carbonyl (C=O) groups excluding carboxylic acids is 2. The van der Waals surface area contributed by atoms with Crippen LogP contribution in [0.4, 0.5) is 10.6 Å². The van der Waals surface area contributed by atoms with Crippen molar-refractivity contribution < 1.29 is 14.3 Å². The van der Waals surface area contributed by atoms with Crippen molar-refractivity contribution in [2.45, 2.75) is 46.6 Å². The first-order chi connectivity index (χ1) is 11.6. The average Bonchev–Trinajstić information content (AvgIpc) is 2.51. The van der Waals surface area contributed by atoms with Crippen molar-refractivity contribution in [2.75, 3.05) is 18.4 Å². The lowest BCUT2D eigenvalue weighted by atomic mass is 10.1. The lowest BCUT2D eigenvalue weighted by Crippen LogP contribution is -2.41. The number of amides is 2. The van der Waals surface area contributed by atoms with Crippen molar-refractivity contribution in [3.05, 3.63) is 33.4 Å². The molecule has 0 fully saturated rings. The predicted octanol–water partition coefficient (Wildman–Crippen LogP) is 3.97. The van der Waals surface area contributed by atoms with Gasteiger partial charge in [-0.1, -0.05) is 6.08 Å². The second-order valence-corrected chi connectivity index (χ2v) is 7.95. The van der Waals surface area contributed by atoms with Crippen LogP contribution in [0.2, 0.25) is 0 Å². The molecule has 0 atom stereocenters. The summed E-state index contributed by atoms with van der Waals surface area (Å²) >= 11 is 3.42. The molecule has 0 unspecified atom stereocenters. The summed E-state index contributed by atoms with van der Waals surface area (Å²) in [6.45, 7) is 10.1. The molecule has 136 valence electrons. The number of halogens is 1. The summed E-state index contributed by atoms with van der Waals surface area (Å²) in [5, 5.41) is 2.81. The monoisotopic (exact) mass is 409 g/mol. The Labute approximate surface area is 156 Å². The molecule has 1 aromatic heterocycles. The summed E-state index contributed by atoms with van der Waals surface area (Å²) in [5.74, 6) is 0.216. The number of nitrogens with one attached hydrogen (secondary N) is 1. The van der Waals surface area contributed by atoms with Crippen molar-refractivity contribution >= 4 is 33.7 Å². The molecule has 1 aliphatic rings. The van der Waals surface area contributed by atoms with E-state index in [4.69, 9.17) is 4.74 Å². The van der Waals surface area contributed by atoms with Crippen LogP contribution in [0.25, 0.3) is 0 Å². The molecular formula is C18H24BrN3O3. The average molecular weight is 410 g/mol. The minimum atomic E-state index is -0.561. The summed E-state index contributed by atoms with van der Waals surface area (Å²) in [6, 6.07) is 1.92. The first-order valence-corrected chi connectivity index (χ1v) is 8.98. The van der Waals surface area contributed by atoms with Gasteiger partial charge in [0.25, 0.3) is 5.91 Å². The lowest BCUT2D eigenvalue weighted by molar-refractivity contribution is -0.113. The third-order valence-electron chi connectivity index (χ3n) is 3.75. The van der Waals surface area contributed by atoms with Crippen molar-refractivity contribution in [1.29, 1.82) is 0 Å². The van der Waals surface area contributed by atoms with Crippen LogP contribution in [-0.4, -0.2) is 40.6 Å². The maximum absolute atomic E-state index is 12.6. The Hall–Kier alpha value is -1.89. The van der Waals surface area contributed by atoms with E-state index in [0.29, 0.717) is 24.4 Å². The van der Waals surface area contributed by atoms with Crippen LogP contribution in [0.15, 0.2) is 22.2 Å². The number of hydrogen-bond donors (Lipinski definition) is 1. The molecule has 0 saturated carbocycles. The maximum atomic E-state index is 12.6.